The van der Waals surface area contributed by atoms with E-state index in [4.69, 9.17) is 0 Å². The van der Waals surface area contributed by atoms with Crippen LogP contribution in [0.2, 0.25) is 0 Å². The third-order valence-corrected chi connectivity index (χ3v) is 5.72. The van der Waals surface area contributed by atoms with E-state index in [1.165, 1.54) is 36.3 Å². The zero-order chi connectivity index (χ0) is 22.0. The van der Waals surface area contributed by atoms with Crippen LogP contribution in [0.1, 0.15) is 49.1 Å². The van der Waals surface area contributed by atoms with Gasteiger partial charge in [-0.3, -0.25) is 9.78 Å². The zero-order valence-corrected chi connectivity index (χ0v) is 16.8. The summed E-state index contributed by atoms with van der Waals surface area (Å²) in [7, 11) is 0. The number of pyridine rings is 1. The molecule has 0 atom stereocenters. The summed E-state index contributed by atoms with van der Waals surface area (Å²) in [6.07, 6.45) is 4.47. The summed E-state index contributed by atoms with van der Waals surface area (Å²) in [5.74, 6) is -0.438. The molecular weight excluding hydrogens is 411 g/mol. The Balaban J connectivity index is 1.49. The molecule has 1 saturated heterocycles. The van der Waals surface area contributed by atoms with Gasteiger partial charge in [0.15, 0.2) is 0 Å². The quantitative estimate of drug-likeness (QED) is 0.623. The number of ether oxygens (including phenoxy) is 1. The van der Waals surface area contributed by atoms with Crippen LogP contribution in [0.15, 0.2) is 42.7 Å². The number of benzene rings is 1. The molecule has 2 aliphatic rings. The number of carbonyl (C=O) groups is 2. The van der Waals surface area contributed by atoms with Crippen molar-refractivity contribution in [3.05, 3.63) is 53.9 Å². The summed E-state index contributed by atoms with van der Waals surface area (Å²) in [4.78, 5) is 32.1. The maximum absolute atomic E-state index is 12.9. The first-order valence-corrected chi connectivity index (χ1v) is 10.2. The van der Waals surface area contributed by atoms with E-state index in [1.807, 2.05) is 12.3 Å². The lowest BCUT2D eigenvalue weighted by atomic mass is 9.83. The van der Waals surface area contributed by atoms with Crippen LogP contribution in [0.25, 0.3) is 0 Å². The number of urea groups is 1. The van der Waals surface area contributed by atoms with Crippen LogP contribution >= 0.6 is 0 Å². The fourth-order valence-electron chi connectivity index (χ4n) is 4.29. The Morgan fingerprint density at radius 1 is 1.03 bits per heavy atom. The number of nitrogens with zero attached hydrogens (tertiary/aromatic N) is 3. The Kier molecular flexibility index (Phi) is 5.84. The van der Waals surface area contributed by atoms with E-state index in [0.29, 0.717) is 5.92 Å². The predicted octanol–water partition coefficient (Wildman–Crippen LogP) is 5.00. The number of halogens is 3. The molecule has 3 amide bonds. The summed E-state index contributed by atoms with van der Waals surface area (Å²) >= 11 is 0. The largest absolute Gasteiger partial charge is 0.573 e. The molecule has 2 aromatic rings. The second kappa shape index (κ2) is 8.56. The second-order valence-corrected chi connectivity index (χ2v) is 7.82. The first-order chi connectivity index (χ1) is 14.8. The first kappa shape index (κ1) is 21.1. The number of amides is 3. The van der Waals surface area contributed by atoms with Gasteiger partial charge in [0.2, 0.25) is 0 Å². The fourth-order valence-corrected chi connectivity index (χ4v) is 4.29. The summed E-state index contributed by atoms with van der Waals surface area (Å²) in [5.41, 5.74) is 2.29. The molecular formula is C22H22F3N3O3. The summed E-state index contributed by atoms with van der Waals surface area (Å²) in [5, 5.41) is 0. The molecule has 0 N–H and O–H groups in total. The number of hydrogen-bond donors (Lipinski definition) is 0. The molecule has 164 valence electrons. The van der Waals surface area contributed by atoms with Gasteiger partial charge in [-0.2, -0.15) is 0 Å². The monoisotopic (exact) mass is 433 g/mol. The maximum Gasteiger partial charge on any atom is 0.573 e. The lowest BCUT2D eigenvalue weighted by molar-refractivity contribution is -0.274. The van der Waals surface area contributed by atoms with E-state index in [2.05, 4.69) is 9.72 Å². The van der Waals surface area contributed by atoms with Crippen molar-refractivity contribution in [1.29, 1.82) is 0 Å². The highest BCUT2D eigenvalue weighted by Crippen LogP contribution is 2.35. The maximum atomic E-state index is 12.9. The van der Waals surface area contributed by atoms with Gasteiger partial charge >= 0.3 is 12.4 Å². The van der Waals surface area contributed by atoms with Crippen molar-refractivity contribution in [2.24, 2.45) is 0 Å². The molecule has 4 rings (SSSR count). The second-order valence-electron chi connectivity index (χ2n) is 7.82. The van der Waals surface area contributed by atoms with Gasteiger partial charge in [0.05, 0.1) is 5.69 Å². The van der Waals surface area contributed by atoms with E-state index in [9.17, 15) is 22.8 Å². The SMILES string of the molecule is O=C1CN(Cc2ccncc2C2CCCCC2)C(=O)N1c1ccc(OC(F)(F)F)cc1. The molecule has 1 aliphatic carbocycles. The third kappa shape index (κ3) is 4.81. The van der Waals surface area contributed by atoms with Crippen molar-refractivity contribution in [3.8, 4) is 5.75 Å². The highest BCUT2D eigenvalue weighted by molar-refractivity contribution is 6.19. The molecule has 2 heterocycles. The Labute approximate surface area is 177 Å². The van der Waals surface area contributed by atoms with E-state index in [1.54, 1.807) is 6.20 Å². The van der Waals surface area contributed by atoms with Crippen molar-refractivity contribution in [2.45, 2.75) is 50.9 Å². The average Bonchev–Trinajstić information content (AvgIpc) is 3.02. The molecule has 31 heavy (non-hydrogen) atoms. The van der Waals surface area contributed by atoms with Gasteiger partial charge in [0.25, 0.3) is 5.91 Å². The zero-order valence-electron chi connectivity index (χ0n) is 16.8. The van der Waals surface area contributed by atoms with Crippen LogP contribution in [0.5, 0.6) is 5.75 Å². The molecule has 9 heteroatoms. The van der Waals surface area contributed by atoms with Gasteiger partial charge in [-0.05, 0) is 60.2 Å². The van der Waals surface area contributed by atoms with Crippen LogP contribution in [-0.2, 0) is 11.3 Å². The van der Waals surface area contributed by atoms with E-state index < -0.39 is 24.1 Å². The molecule has 2 fully saturated rings. The molecule has 0 spiro atoms. The Hall–Kier alpha value is -3.10. The minimum Gasteiger partial charge on any atom is -0.406 e. The smallest absolute Gasteiger partial charge is 0.406 e. The Morgan fingerprint density at radius 2 is 1.74 bits per heavy atom. The third-order valence-electron chi connectivity index (χ3n) is 5.72. The van der Waals surface area contributed by atoms with Crippen molar-refractivity contribution in [3.63, 3.8) is 0 Å². The molecule has 0 bridgehead atoms. The average molecular weight is 433 g/mol. The van der Waals surface area contributed by atoms with Crippen LogP contribution in [0.3, 0.4) is 0 Å². The van der Waals surface area contributed by atoms with Gasteiger partial charge in [-0.1, -0.05) is 19.3 Å². The van der Waals surface area contributed by atoms with Crippen molar-refractivity contribution in [1.82, 2.24) is 9.88 Å². The number of anilines is 1. The summed E-state index contributed by atoms with van der Waals surface area (Å²) in [6, 6.07) is 6.07. The lowest BCUT2D eigenvalue weighted by Gasteiger charge is -2.25. The number of imide groups is 1. The number of aromatic nitrogens is 1. The summed E-state index contributed by atoms with van der Waals surface area (Å²) < 4.78 is 40.9. The first-order valence-electron chi connectivity index (χ1n) is 10.2. The Bertz CT molecular complexity index is 956. The number of carbonyl (C=O) groups excluding carboxylic acids is 2. The predicted molar refractivity (Wildman–Crippen MR) is 106 cm³/mol. The van der Waals surface area contributed by atoms with Crippen molar-refractivity contribution >= 4 is 17.6 Å². The normalized spacial score (nSPS) is 18.0. The molecule has 6 nitrogen and oxygen atoms in total. The van der Waals surface area contributed by atoms with Crippen LogP contribution in [0, 0.1) is 0 Å². The topological polar surface area (TPSA) is 62.7 Å². The number of rotatable bonds is 5. The van der Waals surface area contributed by atoms with Gasteiger partial charge in [-0.15, -0.1) is 13.2 Å². The van der Waals surface area contributed by atoms with Gasteiger partial charge in [0, 0.05) is 18.9 Å². The highest BCUT2D eigenvalue weighted by atomic mass is 19.4. The number of hydrogen-bond acceptors (Lipinski definition) is 4. The Morgan fingerprint density at radius 3 is 2.42 bits per heavy atom. The minimum absolute atomic E-state index is 0.0912. The van der Waals surface area contributed by atoms with Crippen LogP contribution in [-0.4, -0.2) is 34.7 Å². The van der Waals surface area contributed by atoms with Crippen molar-refractivity contribution in [2.75, 3.05) is 11.4 Å². The lowest BCUT2D eigenvalue weighted by Crippen LogP contribution is -2.33. The molecule has 1 saturated carbocycles. The summed E-state index contributed by atoms with van der Waals surface area (Å²) in [6.45, 7) is 0.191. The molecule has 1 aromatic heterocycles. The molecule has 1 aromatic carbocycles. The highest BCUT2D eigenvalue weighted by Gasteiger charge is 2.38. The minimum atomic E-state index is -4.81. The van der Waals surface area contributed by atoms with Crippen molar-refractivity contribution < 1.29 is 27.5 Å². The van der Waals surface area contributed by atoms with Crippen LogP contribution in [0.4, 0.5) is 23.7 Å². The van der Waals surface area contributed by atoms with E-state index in [0.717, 1.165) is 41.0 Å². The van der Waals surface area contributed by atoms with Gasteiger partial charge in [-0.25, -0.2) is 9.69 Å². The van der Waals surface area contributed by atoms with Gasteiger partial charge < -0.3 is 9.64 Å². The molecule has 0 unspecified atom stereocenters. The van der Waals surface area contributed by atoms with Gasteiger partial charge in [0.1, 0.15) is 12.3 Å². The molecule has 1 aliphatic heterocycles. The van der Waals surface area contributed by atoms with E-state index in [-0.39, 0.29) is 18.8 Å². The number of alkyl halides is 3. The van der Waals surface area contributed by atoms with Crippen LogP contribution < -0.4 is 9.64 Å². The molecule has 0 radical (unpaired) electrons. The van der Waals surface area contributed by atoms with E-state index >= 15 is 0 Å². The standard InChI is InChI=1S/C22H22F3N3O3/c23-22(24,25)31-18-8-6-17(7-9-18)28-20(29)14-27(21(28)30)13-16-10-11-26-12-19(16)15-4-2-1-3-5-15/h6-12,15H,1-5,13-14H2. The fraction of sp³-hybridized carbons (Fsp3) is 0.409.